The van der Waals surface area contributed by atoms with E-state index in [0.29, 0.717) is 6.04 Å². The summed E-state index contributed by atoms with van der Waals surface area (Å²) in [4.78, 5) is 5.35. The van der Waals surface area contributed by atoms with Gasteiger partial charge < -0.3 is 10.6 Å². The van der Waals surface area contributed by atoms with Gasteiger partial charge in [0.25, 0.3) is 0 Å². The van der Waals surface area contributed by atoms with Crippen LogP contribution < -0.4 is 5.73 Å². The molecule has 1 saturated heterocycles. The normalized spacial score (nSPS) is 22.1. The molecule has 3 nitrogen and oxygen atoms in total. The standard InChI is InChI=1S/C16H35N3/c1-4-7-15(3)14-18-10-6-11-19(13-12-18)16(5-2)8-9-17/h15-16H,4-14,17H2,1-3H3. The molecule has 0 amide bonds. The van der Waals surface area contributed by atoms with Gasteiger partial charge in [0.05, 0.1) is 0 Å². The molecule has 1 rings (SSSR count). The van der Waals surface area contributed by atoms with Crippen LogP contribution in [-0.2, 0) is 0 Å². The molecule has 0 spiro atoms. The van der Waals surface area contributed by atoms with Gasteiger partial charge in [-0.1, -0.05) is 27.2 Å². The van der Waals surface area contributed by atoms with Crippen molar-refractivity contribution < 1.29 is 0 Å². The van der Waals surface area contributed by atoms with Gasteiger partial charge in [-0.15, -0.1) is 0 Å². The van der Waals surface area contributed by atoms with Crippen molar-refractivity contribution in [1.29, 1.82) is 0 Å². The molecule has 3 heteroatoms. The molecular formula is C16H35N3. The Hall–Kier alpha value is -0.120. The van der Waals surface area contributed by atoms with Crippen molar-refractivity contribution in [1.82, 2.24) is 9.80 Å². The van der Waals surface area contributed by atoms with E-state index in [4.69, 9.17) is 5.73 Å². The molecule has 0 aromatic heterocycles. The van der Waals surface area contributed by atoms with Crippen LogP contribution in [0.15, 0.2) is 0 Å². The maximum atomic E-state index is 5.74. The topological polar surface area (TPSA) is 32.5 Å². The van der Waals surface area contributed by atoms with Gasteiger partial charge in [0.15, 0.2) is 0 Å². The molecule has 0 bridgehead atoms. The molecule has 0 aliphatic carbocycles. The van der Waals surface area contributed by atoms with E-state index < -0.39 is 0 Å². The van der Waals surface area contributed by atoms with Gasteiger partial charge in [-0.05, 0) is 51.2 Å². The molecule has 1 aliphatic rings. The molecule has 2 unspecified atom stereocenters. The van der Waals surface area contributed by atoms with Crippen LogP contribution in [0.25, 0.3) is 0 Å². The Morgan fingerprint density at radius 2 is 1.84 bits per heavy atom. The second kappa shape index (κ2) is 9.73. The van der Waals surface area contributed by atoms with E-state index in [1.807, 2.05) is 0 Å². The zero-order valence-electron chi connectivity index (χ0n) is 13.4. The van der Waals surface area contributed by atoms with E-state index in [1.165, 1.54) is 58.4 Å². The Balaban J connectivity index is 2.37. The smallest absolute Gasteiger partial charge is 0.0112 e. The molecule has 19 heavy (non-hydrogen) atoms. The van der Waals surface area contributed by atoms with Crippen LogP contribution in [0.3, 0.4) is 0 Å². The van der Waals surface area contributed by atoms with Crippen LogP contribution in [0.1, 0.15) is 52.9 Å². The Morgan fingerprint density at radius 3 is 2.47 bits per heavy atom. The van der Waals surface area contributed by atoms with E-state index in [0.717, 1.165) is 18.9 Å². The third kappa shape index (κ3) is 6.24. The second-order valence-corrected chi connectivity index (χ2v) is 6.22. The molecule has 2 atom stereocenters. The Bertz CT molecular complexity index is 220. The van der Waals surface area contributed by atoms with Crippen molar-refractivity contribution in [3.05, 3.63) is 0 Å². The van der Waals surface area contributed by atoms with Crippen molar-refractivity contribution in [2.75, 3.05) is 39.3 Å². The summed E-state index contributed by atoms with van der Waals surface area (Å²) in [5.41, 5.74) is 5.74. The van der Waals surface area contributed by atoms with Gasteiger partial charge >= 0.3 is 0 Å². The lowest BCUT2D eigenvalue weighted by Gasteiger charge is -2.30. The van der Waals surface area contributed by atoms with Gasteiger partial charge in [-0.2, -0.15) is 0 Å². The molecule has 1 aliphatic heterocycles. The van der Waals surface area contributed by atoms with E-state index in [2.05, 4.69) is 30.6 Å². The fourth-order valence-corrected chi connectivity index (χ4v) is 3.40. The molecule has 0 saturated carbocycles. The van der Waals surface area contributed by atoms with Crippen molar-refractivity contribution in [2.24, 2.45) is 11.7 Å². The van der Waals surface area contributed by atoms with Crippen LogP contribution >= 0.6 is 0 Å². The highest BCUT2D eigenvalue weighted by Crippen LogP contribution is 2.14. The van der Waals surface area contributed by atoms with Gasteiger partial charge in [0.1, 0.15) is 0 Å². The van der Waals surface area contributed by atoms with Crippen LogP contribution in [0.2, 0.25) is 0 Å². The monoisotopic (exact) mass is 269 g/mol. The summed E-state index contributed by atoms with van der Waals surface area (Å²) in [6, 6.07) is 0.706. The number of nitrogens with zero attached hydrogens (tertiary/aromatic N) is 2. The first-order valence-corrected chi connectivity index (χ1v) is 8.37. The van der Waals surface area contributed by atoms with Gasteiger partial charge in [0.2, 0.25) is 0 Å². The fraction of sp³-hybridized carbons (Fsp3) is 1.00. The molecule has 114 valence electrons. The molecule has 2 N–H and O–H groups in total. The summed E-state index contributed by atoms with van der Waals surface area (Å²) < 4.78 is 0. The van der Waals surface area contributed by atoms with Crippen LogP contribution in [-0.4, -0.2) is 55.1 Å². The minimum atomic E-state index is 0.706. The molecule has 0 aromatic rings. The summed E-state index contributed by atoms with van der Waals surface area (Å²) >= 11 is 0. The average Bonchev–Trinajstić information content (AvgIpc) is 2.62. The maximum absolute atomic E-state index is 5.74. The highest BCUT2D eigenvalue weighted by atomic mass is 15.2. The van der Waals surface area contributed by atoms with Crippen molar-refractivity contribution in [2.45, 2.75) is 58.9 Å². The third-order valence-corrected chi connectivity index (χ3v) is 4.46. The highest BCUT2D eigenvalue weighted by molar-refractivity contribution is 4.77. The molecule has 1 fully saturated rings. The predicted molar refractivity (Wildman–Crippen MR) is 84.5 cm³/mol. The average molecular weight is 269 g/mol. The lowest BCUT2D eigenvalue weighted by atomic mass is 10.1. The van der Waals surface area contributed by atoms with E-state index in [1.54, 1.807) is 0 Å². The summed E-state index contributed by atoms with van der Waals surface area (Å²) in [6.45, 7) is 14.1. The van der Waals surface area contributed by atoms with Crippen LogP contribution in [0, 0.1) is 5.92 Å². The van der Waals surface area contributed by atoms with Crippen molar-refractivity contribution in [3.63, 3.8) is 0 Å². The number of nitrogens with two attached hydrogens (primary N) is 1. The Kier molecular flexibility index (Phi) is 8.67. The predicted octanol–water partition coefficient (Wildman–Crippen LogP) is 2.56. The largest absolute Gasteiger partial charge is 0.330 e. The molecule has 0 radical (unpaired) electrons. The zero-order valence-corrected chi connectivity index (χ0v) is 13.4. The maximum Gasteiger partial charge on any atom is 0.0112 e. The van der Waals surface area contributed by atoms with Crippen molar-refractivity contribution in [3.8, 4) is 0 Å². The SMILES string of the molecule is CCCC(C)CN1CCCN(C(CC)CCN)CC1. The highest BCUT2D eigenvalue weighted by Gasteiger charge is 2.21. The lowest BCUT2D eigenvalue weighted by Crippen LogP contribution is -2.39. The summed E-state index contributed by atoms with van der Waals surface area (Å²) in [6.07, 6.45) is 6.40. The summed E-state index contributed by atoms with van der Waals surface area (Å²) in [7, 11) is 0. The van der Waals surface area contributed by atoms with E-state index >= 15 is 0 Å². The number of hydrogen-bond donors (Lipinski definition) is 1. The first kappa shape index (κ1) is 16.9. The van der Waals surface area contributed by atoms with E-state index in [9.17, 15) is 0 Å². The lowest BCUT2D eigenvalue weighted by molar-refractivity contribution is 0.180. The van der Waals surface area contributed by atoms with Crippen molar-refractivity contribution >= 4 is 0 Å². The third-order valence-electron chi connectivity index (χ3n) is 4.46. The second-order valence-electron chi connectivity index (χ2n) is 6.22. The molecule has 0 aromatic carbocycles. The van der Waals surface area contributed by atoms with Gasteiger partial charge in [-0.25, -0.2) is 0 Å². The number of hydrogen-bond acceptors (Lipinski definition) is 3. The Labute approximate surface area is 120 Å². The minimum absolute atomic E-state index is 0.706. The van der Waals surface area contributed by atoms with Gasteiger partial charge in [-0.3, -0.25) is 4.90 Å². The van der Waals surface area contributed by atoms with Crippen LogP contribution in [0.4, 0.5) is 0 Å². The first-order valence-electron chi connectivity index (χ1n) is 8.37. The van der Waals surface area contributed by atoms with Gasteiger partial charge in [0, 0.05) is 25.7 Å². The van der Waals surface area contributed by atoms with Crippen LogP contribution in [0.5, 0.6) is 0 Å². The Morgan fingerprint density at radius 1 is 1.05 bits per heavy atom. The fourth-order valence-electron chi connectivity index (χ4n) is 3.40. The zero-order chi connectivity index (χ0) is 14.1. The number of rotatable bonds is 8. The summed E-state index contributed by atoms with van der Waals surface area (Å²) in [5, 5.41) is 0. The quantitative estimate of drug-likeness (QED) is 0.735. The minimum Gasteiger partial charge on any atom is -0.330 e. The first-order chi connectivity index (χ1) is 9.21. The van der Waals surface area contributed by atoms with E-state index in [-0.39, 0.29) is 0 Å². The molecular weight excluding hydrogens is 234 g/mol. The molecule has 1 heterocycles. The summed E-state index contributed by atoms with van der Waals surface area (Å²) in [5.74, 6) is 0.850.